The van der Waals surface area contributed by atoms with E-state index in [0.717, 1.165) is 22.1 Å². The van der Waals surface area contributed by atoms with Crippen LogP contribution in [0.25, 0.3) is 33.2 Å². The number of hydrogen-bond acceptors (Lipinski definition) is 5. The van der Waals surface area contributed by atoms with E-state index in [1.807, 2.05) is 31.2 Å². The van der Waals surface area contributed by atoms with E-state index < -0.39 is 0 Å². The molecule has 6 nitrogen and oxygen atoms in total. The lowest BCUT2D eigenvalue weighted by Gasteiger charge is -2.21. The van der Waals surface area contributed by atoms with Gasteiger partial charge in [0, 0.05) is 17.1 Å². The SMILES string of the molecule is C[C@H](Nc1ncnc2nc[nH]c12)c1cc(Cl)c2cccnc2c1-c1cccc(F)c1. The molecule has 0 radical (unpaired) electrons. The number of imidazole rings is 1. The highest BCUT2D eigenvalue weighted by Gasteiger charge is 2.20. The van der Waals surface area contributed by atoms with Crippen molar-refractivity contribution in [3.05, 3.63) is 77.7 Å². The Hall–Kier alpha value is -3.58. The third-order valence-electron chi connectivity index (χ3n) is 5.03. The van der Waals surface area contributed by atoms with E-state index in [0.29, 0.717) is 27.5 Å². The van der Waals surface area contributed by atoms with Crippen molar-refractivity contribution < 1.29 is 4.39 Å². The third kappa shape index (κ3) is 3.13. The minimum absolute atomic E-state index is 0.214. The molecule has 5 aromatic rings. The van der Waals surface area contributed by atoms with Gasteiger partial charge in [-0.3, -0.25) is 4.98 Å². The molecule has 0 aliphatic heterocycles. The van der Waals surface area contributed by atoms with Crippen molar-refractivity contribution in [1.29, 1.82) is 0 Å². The van der Waals surface area contributed by atoms with Crippen LogP contribution in [0.4, 0.5) is 10.2 Å². The molecule has 5 rings (SSSR count). The number of nitrogens with one attached hydrogen (secondary N) is 2. The molecule has 2 aromatic carbocycles. The standard InChI is InChI=1S/C22H16ClFN6/c1-12(30-22-20-21(27-10-26-20)28-11-29-22)16-9-17(23)15-6-3-7-25-19(15)18(16)13-4-2-5-14(24)8-13/h2-12H,1H3,(H2,26,27,28,29,30)/t12-/m0/s1. The molecule has 3 aromatic heterocycles. The second-order valence-electron chi connectivity index (χ2n) is 6.92. The summed E-state index contributed by atoms with van der Waals surface area (Å²) in [5, 5.41) is 4.79. The number of aromatic nitrogens is 5. The van der Waals surface area contributed by atoms with Crippen LogP contribution in [-0.2, 0) is 0 Å². The van der Waals surface area contributed by atoms with Gasteiger partial charge in [0.2, 0.25) is 0 Å². The summed E-state index contributed by atoms with van der Waals surface area (Å²) in [4.78, 5) is 20.3. The van der Waals surface area contributed by atoms with Gasteiger partial charge in [-0.1, -0.05) is 23.7 Å². The van der Waals surface area contributed by atoms with Crippen LogP contribution >= 0.6 is 11.6 Å². The first-order valence-electron chi connectivity index (χ1n) is 9.35. The van der Waals surface area contributed by atoms with Gasteiger partial charge >= 0.3 is 0 Å². The Morgan fingerprint density at radius 2 is 1.97 bits per heavy atom. The lowest BCUT2D eigenvalue weighted by Crippen LogP contribution is -2.11. The Kier molecular flexibility index (Phi) is 4.52. The molecule has 0 fully saturated rings. The summed E-state index contributed by atoms with van der Waals surface area (Å²) < 4.78 is 14.1. The van der Waals surface area contributed by atoms with Crippen LogP contribution < -0.4 is 5.32 Å². The number of aromatic amines is 1. The zero-order valence-corrected chi connectivity index (χ0v) is 16.7. The largest absolute Gasteiger partial charge is 0.362 e. The van der Waals surface area contributed by atoms with Gasteiger partial charge in [0.15, 0.2) is 11.5 Å². The zero-order chi connectivity index (χ0) is 20.7. The van der Waals surface area contributed by atoms with Crippen molar-refractivity contribution in [3.8, 4) is 11.1 Å². The summed E-state index contributed by atoms with van der Waals surface area (Å²) in [6, 6.07) is 11.9. The molecule has 0 spiro atoms. The minimum Gasteiger partial charge on any atom is -0.362 e. The van der Waals surface area contributed by atoms with Crippen LogP contribution in [0.2, 0.25) is 5.02 Å². The van der Waals surface area contributed by atoms with Gasteiger partial charge in [0.05, 0.1) is 22.9 Å². The number of nitrogens with zero attached hydrogens (tertiary/aromatic N) is 4. The van der Waals surface area contributed by atoms with Crippen molar-refractivity contribution in [2.24, 2.45) is 0 Å². The summed E-state index contributed by atoms with van der Waals surface area (Å²) in [5.41, 5.74) is 4.43. The first kappa shape index (κ1) is 18.4. The summed E-state index contributed by atoms with van der Waals surface area (Å²) in [5.74, 6) is 0.306. The van der Waals surface area contributed by atoms with Gasteiger partial charge in [-0.25, -0.2) is 19.3 Å². The van der Waals surface area contributed by atoms with Gasteiger partial charge in [-0.05, 0) is 48.4 Å². The molecule has 0 bridgehead atoms. The number of hydrogen-bond donors (Lipinski definition) is 2. The lowest BCUT2D eigenvalue weighted by molar-refractivity contribution is 0.628. The molecule has 30 heavy (non-hydrogen) atoms. The summed E-state index contributed by atoms with van der Waals surface area (Å²) >= 11 is 6.59. The number of halogens is 2. The molecule has 8 heteroatoms. The molecule has 1 atom stereocenters. The number of fused-ring (bicyclic) bond motifs is 2. The van der Waals surface area contributed by atoms with Gasteiger partial charge in [0.1, 0.15) is 17.7 Å². The average molecular weight is 419 g/mol. The molecule has 0 aliphatic rings. The van der Waals surface area contributed by atoms with Crippen molar-refractivity contribution in [3.63, 3.8) is 0 Å². The summed E-state index contributed by atoms with van der Waals surface area (Å²) in [6.07, 6.45) is 4.74. The Morgan fingerprint density at radius 1 is 1.07 bits per heavy atom. The van der Waals surface area contributed by atoms with Crippen molar-refractivity contribution >= 4 is 39.5 Å². The predicted molar refractivity (Wildman–Crippen MR) is 116 cm³/mol. The molecular formula is C22H16ClFN6. The maximum atomic E-state index is 14.1. The highest BCUT2D eigenvalue weighted by Crippen LogP contribution is 2.39. The highest BCUT2D eigenvalue weighted by molar-refractivity contribution is 6.36. The van der Waals surface area contributed by atoms with E-state index in [2.05, 4.69) is 30.2 Å². The number of rotatable bonds is 4. The molecule has 0 saturated heterocycles. The van der Waals surface area contributed by atoms with E-state index in [1.54, 1.807) is 18.6 Å². The number of anilines is 1. The highest BCUT2D eigenvalue weighted by atomic mass is 35.5. The quantitative estimate of drug-likeness (QED) is 0.401. The predicted octanol–water partition coefficient (Wildman–Crippen LogP) is 5.53. The zero-order valence-electron chi connectivity index (χ0n) is 15.9. The van der Waals surface area contributed by atoms with Gasteiger partial charge in [-0.15, -0.1) is 0 Å². The second kappa shape index (κ2) is 7.35. The van der Waals surface area contributed by atoms with E-state index in [-0.39, 0.29) is 11.9 Å². The van der Waals surface area contributed by atoms with Crippen molar-refractivity contribution in [1.82, 2.24) is 24.9 Å². The van der Waals surface area contributed by atoms with Gasteiger partial charge < -0.3 is 10.3 Å². The van der Waals surface area contributed by atoms with Crippen LogP contribution in [0.3, 0.4) is 0 Å². The molecule has 0 unspecified atom stereocenters. The molecule has 2 N–H and O–H groups in total. The van der Waals surface area contributed by atoms with Gasteiger partial charge in [-0.2, -0.15) is 0 Å². The first-order chi connectivity index (χ1) is 14.6. The van der Waals surface area contributed by atoms with Crippen LogP contribution in [0.15, 0.2) is 61.3 Å². The summed E-state index contributed by atoms with van der Waals surface area (Å²) in [7, 11) is 0. The Morgan fingerprint density at radius 3 is 2.83 bits per heavy atom. The molecule has 148 valence electrons. The fourth-order valence-electron chi connectivity index (χ4n) is 3.67. The van der Waals surface area contributed by atoms with Crippen LogP contribution in [0, 0.1) is 5.82 Å². The molecule has 3 heterocycles. The van der Waals surface area contributed by atoms with E-state index >= 15 is 0 Å². The fraction of sp³-hybridized carbons (Fsp3) is 0.0909. The maximum absolute atomic E-state index is 14.1. The normalized spacial score (nSPS) is 12.4. The topological polar surface area (TPSA) is 79.4 Å². The van der Waals surface area contributed by atoms with Crippen LogP contribution in [-0.4, -0.2) is 24.9 Å². The Labute approximate surface area is 176 Å². The van der Waals surface area contributed by atoms with Crippen LogP contribution in [0.1, 0.15) is 18.5 Å². The third-order valence-corrected chi connectivity index (χ3v) is 5.34. The van der Waals surface area contributed by atoms with Crippen molar-refractivity contribution in [2.75, 3.05) is 5.32 Å². The second-order valence-corrected chi connectivity index (χ2v) is 7.33. The first-order valence-corrected chi connectivity index (χ1v) is 9.73. The molecular weight excluding hydrogens is 403 g/mol. The lowest BCUT2D eigenvalue weighted by atomic mass is 9.92. The fourth-order valence-corrected chi connectivity index (χ4v) is 3.94. The smallest absolute Gasteiger partial charge is 0.182 e. The monoisotopic (exact) mass is 418 g/mol. The Bertz CT molecular complexity index is 1380. The number of H-pyrrole nitrogens is 1. The van der Waals surface area contributed by atoms with Gasteiger partial charge in [0.25, 0.3) is 0 Å². The van der Waals surface area contributed by atoms with Crippen molar-refractivity contribution in [2.45, 2.75) is 13.0 Å². The molecule has 0 aliphatic carbocycles. The Balaban J connectivity index is 1.70. The maximum Gasteiger partial charge on any atom is 0.182 e. The number of pyridine rings is 1. The number of benzene rings is 2. The minimum atomic E-state index is -0.312. The molecule has 0 amide bonds. The van der Waals surface area contributed by atoms with E-state index in [1.165, 1.54) is 18.5 Å². The average Bonchev–Trinajstić information content (AvgIpc) is 3.23. The molecule has 0 saturated carbocycles. The van der Waals surface area contributed by atoms with E-state index in [4.69, 9.17) is 11.6 Å². The van der Waals surface area contributed by atoms with Crippen LogP contribution in [0.5, 0.6) is 0 Å². The summed E-state index contributed by atoms with van der Waals surface area (Å²) in [6.45, 7) is 1.99. The van der Waals surface area contributed by atoms with E-state index in [9.17, 15) is 4.39 Å².